The van der Waals surface area contributed by atoms with Crippen molar-refractivity contribution in [3.8, 4) is 0 Å². The lowest BCUT2D eigenvalue weighted by atomic mass is 9.90. The fraction of sp³-hybridized carbons (Fsp3) is 0.474. The number of anilines is 1. The van der Waals surface area contributed by atoms with Gasteiger partial charge in [0.2, 0.25) is 5.95 Å². The second-order valence-corrected chi connectivity index (χ2v) is 8.45. The second kappa shape index (κ2) is 8.14. The number of aromatic nitrogens is 2. The Bertz CT molecular complexity index is 847. The van der Waals surface area contributed by atoms with Crippen LogP contribution in [0.3, 0.4) is 0 Å². The third-order valence-corrected chi connectivity index (χ3v) is 6.47. The van der Waals surface area contributed by atoms with Gasteiger partial charge in [-0.15, -0.1) is 11.3 Å². The molecule has 1 aliphatic heterocycles. The van der Waals surface area contributed by atoms with Crippen LogP contribution in [0, 0.1) is 5.92 Å². The minimum absolute atomic E-state index is 0.253. The maximum Gasteiger partial charge on any atom is 0.336 e. The Morgan fingerprint density at radius 3 is 2.64 bits per heavy atom. The van der Waals surface area contributed by atoms with Gasteiger partial charge in [0, 0.05) is 43.4 Å². The van der Waals surface area contributed by atoms with E-state index in [4.69, 9.17) is 0 Å². The van der Waals surface area contributed by atoms with E-state index >= 15 is 0 Å². The van der Waals surface area contributed by atoms with Crippen LogP contribution in [0.1, 0.15) is 33.5 Å². The molecule has 3 heterocycles. The summed E-state index contributed by atoms with van der Waals surface area (Å²) in [5, 5.41) is 0. The molecule has 0 bridgehead atoms. The molecule has 1 aliphatic carbocycles. The standard InChI is InChI=1S/C19H24N6O2S/c1-13-3-4-15-14(11-13)12-16(28-15)17(26)22-23-19(27)25-9-7-24(8-10-25)18-20-5-2-6-21-18/h2,5-6,12-13H,3-4,7-11H2,1H3,(H,22,26)(H,23,27). The van der Waals surface area contributed by atoms with Gasteiger partial charge in [-0.1, -0.05) is 6.92 Å². The van der Waals surface area contributed by atoms with Crippen molar-refractivity contribution in [1.82, 2.24) is 25.7 Å². The SMILES string of the molecule is CC1CCc2sc(C(=O)NNC(=O)N3CCN(c4ncccn4)CC3)cc2C1. The quantitative estimate of drug-likeness (QED) is 0.751. The molecular formula is C19H24N6O2S. The number of nitrogens with zero attached hydrogens (tertiary/aromatic N) is 4. The minimum atomic E-state index is -0.295. The number of fused-ring (bicyclic) bond motifs is 1. The first kappa shape index (κ1) is 18.7. The molecule has 3 amide bonds. The lowest BCUT2D eigenvalue weighted by molar-refractivity contribution is 0.0933. The molecule has 0 saturated carbocycles. The van der Waals surface area contributed by atoms with Gasteiger partial charge in [0.1, 0.15) is 0 Å². The van der Waals surface area contributed by atoms with Crippen molar-refractivity contribution in [2.75, 3.05) is 31.1 Å². The summed E-state index contributed by atoms with van der Waals surface area (Å²) in [5.74, 6) is 1.08. The molecule has 2 aromatic rings. The number of carbonyl (C=O) groups excluding carboxylic acids is 2. The van der Waals surface area contributed by atoms with E-state index in [0.717, 1.165) is 12.8 Å². The van der Waals surface area contributed by atoms with Crippen LogP contribution in [0.15, 0.2) is 24.5 Å². The molecule has 1 unspecified atom stereocenters. The monoisotopic (exact) mass is 400 g/mol. The predicted octanol–water partition coefficient (Wildman–Crippen LogP) is 1.84. The van der Waals surface area contributed by atoms with Crippen LogP contribution in [-0.4, -0.2) is 53.0 Å². The number of hydrogen-bond acceptors (Lipinski definition) is 6. The van der Waals surface area contributed by atoms with Crippen molar-refractivity contribution >= 4 is 29.2 Å². The van der Waals surface area contributed by atoms with E-state index < -0.39 is 0 Å². The van der Waals surface area contributed by atoms with Gasteiger partial charge in [0.25, 0.3) is 5.91 Å². The van der Waals surface area contributed by atoms with Crippen LogP contribution in [0.5, 0.6) is 0 Å². The zero-order chi connectivity index (χ0) is 19.5. The van der Waals surface area contributed by atoms with Gasteiger partial charge in [-0.2, -0.15) is 0 Å². The predicted molar refractivity (Wildman–Crippen MR) is 107 cm³/mol. The highest BCUT2D eigenvalue weighted by atomic mass is 32.1. The maximum atomic E-state index is 12.4. The van der Waals surface area contributed by atoms with E-state index in [1.165, 1.54) is 28.2 Å². The first-order valence-corrected chi connectivity index (χ1v) is 10.4. The number of urea groups is 1. The molecule has 2 N–H and O–H groups in total. The Kier molecular flexibility index (Phi) is 5.43. The largest absolute Gasteiger partial charge is 0.337 e. The molecule has 9 heteroatoms. The molecule has 1 atom stereocenters. The maximum absolute atomic E-state index is 12.4. The highest BCUT2D eigenvalue weighted by molar-refractivity contribution is 7.14. The lowest BCUT2D eigenvalue weighted by Crippen LogP contribution is -2.55. The normalized spacial score (nSPS) is 19.1. The average molecular weight is 401 g/mol. The zero-order valence-corrected chi connectivity index (χ0v) is 16.7. The summed E-state index contributed by atoms with van der Waals surface area (Å²) in [6, 6.07) is 3.45. The summed E-state index contributed by atoms with van der Waals surface area (Å²) in [7, 11) is 0. The molecule has 0 spiro atoms. The Morgan fingerprint density at radius 1 is 1.14 bits per heavy atom. The van der Waals surface area contributed by atoms with Gasteiger partial charge >= 0.3 is 6.03 Å². The Balaban J connectivity index is 1.26. The van der Waals surface area contributed by atoms with Crippen LogP contribution in [0.4, 0.5) is 10.7 Å². The summed E-state index contributed by atoms with van der Waals surface area (Å²) in [5.41, 5.74) is 6.37. The van der Waals surface area contributed by atoms with Gasteiger partial charge in [-0.05, 0) is 42.9 Å². The third-order valence-electron chi connectivity index (χ3n) is 5.24. The number of amides is 3. The minimum Gasteiger partial charge on any atom is -0.337 e. The number of piperazine rings is 1. The molecule has 148 valence electrons. The van der Waals surface area contributed by atoms with Gasteiger partial charge in [0.05, 0.1) is 4.88 Å². The van der Waals surface area contributed by atoms with Crippen LogP contribution in [-0.2, 0) is 12.8 Å². The highest BCUT2D eigenvalue weighted by Crippen LogP contribution is 2.32. The molecule has 28 heavy (non-hydrogen) atoms. The molecule has 2 aliphatic rings. The van der Waals surface area contributed by atoms with E-state index in [1.54, 1.807) is 23.4 Å². The average Bonchev–Trinajstić information content (AvgIpc) is 3.16. The Morgan fingerprint density at radius 2 is 1.89 bits per heavy atom. The van der Waals surface area contributed by atoms with E-state index in [1.807, 2.05) is 11.0 Å². The lowest BCUT2D eigenvalue weighted by Gasteiger charge is -2.34. The number of thiophene rings is 1. The molecule has 2 aromatic heterocycles. The van der Waals surface area contributed by atoms with Crippen molar-refractivity contribution in [2.24, 2.45) is 5.92 Å². The molecule has 0 radical (unpaired) electrons. The van der Waals surface area contributed by atoms with Gasteiger partial charge in [0.15, 0.2) is 0 Å². The second-order valence-electron chi connectivity index (χ2n) is 7.31. The zero-order valence-electron chi connectivity index (χ0n) is 15.9. The van der Waals surface area contributed by atoms with Crippen LogP contribution in [0.2, 0.25) is 0 Å². The van der Waals surface area contributed by atoms with E-state index in [2.05, 4.69) is 27.7 Å². The number of hydrogen-bond donors (Lipinski definition) is 2. The van der Waals surface area contributed by atoms with E-state index in [0.29, 0.717) is 42.9 Å². The summed E-state index contributed by atoms with van der Waals surface area (Å²) in [4.78, 5) is 38.9. The van der Waals surface area contributed by atoms with E-state index in [-0.39, 0.29) is 11.9 Å². The highest BCUT2D eigenvalue weighted by Gasteiger charge is 2.24. The molecular weight excluding hydrogens is 376 g/mol. The smallest absolute Gasteiger partial charge is 0.336 e. The topological polar surface area (TPSA) is 90.5 Å². The van der Waals surface area contributed by atoms with Crippen LogP contribution >= 0.6 is 11.3 Å². The van der Waals surface area contributed by atoms with Crippen LogP contribution in [0.25, 0.3) is 0 Å². The number of hydrazine groups is 1. The summed E-state index contributed by atoms with van der Waals surface area (Å²) in [6.07, 6.45) is 6.66. The number of nitrogens with one attached hydrogen (secondary N) is 2. The fourth-order valence-corrected chi connectivity index (χ4v) is 4.74. The van der Waals surface area contributed by atoms with Gasteiger partial charge < -0.3 is 9.80 Å². The number of rotatable bonds is 2. The van der Waals surface area contributed by atoms with Crippen LogP contribution < -0.4 is 15.8 Å². The molecule has 8 nitrogen and oxygen atoms in total. The number of carbonyl (C=O) groups is 2. The summed E-state index contributed by atoms with van der Waals surface area (Å²) < 4.78 is 0. The summed E-state index contributed by atoms with van der Waals surface area (Å²) >= 11 is 1.53. The Hall–Kier alpha value is -2.68. The first-order chi connectivity index (χ1) is 13.6. The first-order valence-electron chi connectivity index (χ1n) is 9.59. The summed E-state index contributed by atoms with van der Waals surface area (Å²) in [6.45, 7) is 4.64. The third kappa shape index (κ3) is 4.09. The van der Waals surface area contributed by atoms with Crippen molar-refractivity contribution in [3.63, 3.8) is 0 Å². The Labute approximate surface area is 167 Å². The van der Waals surface area contributed by atoms with Crippen molar-refractivity contribution in [3.05, 3.63) is 39.8 Å². The van der Waals surface area contributed by atoms with E-state index in [9.17, 15) is 9.59 Å². The van der Waals surface area contributed by atoms with Crippen molar-refractivity contribution in [1.29, 1.82) is 0 Å². The fourth-order valence-electron chi connectivity index (χ4n) is 3.63. The van der Waals surface area contributed by atoms with Gasteiger partial charge in [-0.25, -0.2) is 20.2 Å². The molecule has 0 aromatic carbocycles. The van der Waals surface area contributed by atoms with Gasteiger partial charge in [-0.3, -0.25) is 10.2 Å². The number of aryl methyl sites for hydroxylation is 1. The van der Waals surface area contributed by atoms with Crippen molar-refractivity contribution in [2.45, 2.75) is 26.2 Å². The molecule has 1 fully saturated rings. The molecule has 1 saturated heterocycles. The van der Waals surface area contributed by atoms with Crippen molar-refractivity contribution < 1.29 is 9.59 Å². The molecule has 4 rings (SSSR count).